The van der Waals surface area contributed by atoms with Gasteiger partial charge in [-0.25, -0.2) is 24.0 Å². The molecule has 0 amide bonds. The maximum Gasteiger partial charge on any atom is 0.373 e. The van der Waals surface area contributed by atoms with Gasteiger partial charge in [0.05, 0.1) is 38.6 Å². The smallest absolute Gasteiger partial charge is 0.373 e. The number of carbonyl (C=O) groups is 5. The number of benzene rings is 3. The summed E-state index contributed by atoms with van der Waals surface area (Å²) in [7, 11) is 0. The molecule has 0 radical (unpaired) electrons. The summed E-state index contributed by atoms with van der Waals surface area (Å²) in [5.41, 5.74) is 8.08. The largest absolute Gasteiger partial charge is 0.500 e. The Bertz CT molecular complexity index is 2820. The number of nitrogens with two attached hydrogens (primary N) is 1. The number of carbonyl (C=O) groups excluding carboxylic acids is 6. The van der Waals surface area contributed by atoms with E-state index in [4.69, 9.17) is 34.6 Å². The fraction of sp³-hybridized carbons (Fsp3) is 0.441. The predicted molar refractivity (Wildman–Crippen MR) is 356 cm³/mol. The number of esters is 4. The van der Waals surface area contributed by atoms with Crippen molar-refractivity contribution in [3.63, 3.8) is 0 Å². The van der Waals surface area contributed by atoms with Crippen LogP contribution < -0.4 is 21.9 Å². The van der Waals surface area contributed by atoms with E-state index in [0.29, 0.717) is 47.0 Å². The summed E-state index contributed by atoms with van der Waals surface area (Å²) in [4.78, 5) is 102. The van der Waals surface area contributed by atoms with Crippen LogP contribution in [-0.2, 0) is 47.7 Å². The third kappa shape index (κ3) is 45.2. The molecule has 0 bridgehead atoms. The molecule has 0 spiro atoms. The number of anilines is 1. The number of ether oxygens (including phenoxy) is 5. The zero-order valence-corrected chi connectivity index (χ0v) is 51.3. The molecular formula is C68H108N4O15. The van der Waals surface area contributed by atoms with Crippen LogP contribution in [0.2, 0.25) is 0 Å². The molecule has 1 aliphatic carbocycles. The number of carboxylic acids is 1. The molecule has 0 saturated carbocycles. The number of hydrogen-bond acceptors (Lipinski definition) is 16. The summed E-state index contributed by atoms with van der Waals surface area (Å²) < 4.78 is 24.0. The molecule has 0 atom stereocenters. The Labute approximate surface area is 519 Å². The molecule has 0 fully saturated rings. The SMILES string of the molecule is C.C.C.C.CCC.CCC.CCC.CCC.CCOC(=O)/C(=C\NC1=CCCC=C1)CC.CCOC(=O)c1c[nH]c2ccccc2c1=O.CCOC=C(C(=O)OCC)C(=O)OCC.Nc1ccccc1.O=C(O)c1c[nH]c2ccccc2c1=O.O=C=O. The van der Waals surface area contributed by atoms with Gasteiger partial charge in [-0.1, -0.05) is 172 Å². The van der Waals surface area contributed by atoms with Crippen LogP contribution in [0.4, 0.5) is 5.69 Å². The highest BCUT2D eigenvalue weighted by Gasteiger charge is 2.21. The Balaban J connectivity index is -0.000000141. The van der Waals surface area contributed by atoms with Gasteiger partial charge in [0.2, 0.25) is 10.9 Å². The number of hydrogen-bond donors (Lipinski definition) is 5. The number of H-pyrrole nitrogens is 2. The van der Waals surface area contributed by atoms with E-state index in [-0.39, 0.29) is 83.8 Å². The fourth-order valence-corrected chi connectivity index (χ4v) is 5.49. The molecule has 87 heavy (non-hydrogen) atoms. The van der Waals surface area contributed by atoms with Crippen molar-refractivity contribution in [2.24, 2.45) is 0 Å². The van der Waals surface area contributed by atoms with Crippen molar-refractivity contribution in [3.8, 4) is 0 Å². The highest BCUT2D eigenvalue weighted by molar-refractivity contribution is 6.13. The molecule has 5 aromatic rings. The maximum absolute atomic E-state index is 11.9. The Morgan fingerprint density at radius 2 is 0.954 bits per heavy atom. The molecule has 1 aliphatic rings. The molecule has 3 aromatic carbocycles. The molecule has 0 aliphatic heterocycles. The maximum atomic E-state index is 11.9. The Kier molecular flexibility index (Phi) is 70.3. The second-order valence-electron chi connectivity index (χ2n) is 16.5. The van der Waals surface area contributed by atoms with Crippen LogP contribution in [0, 0.1) is 0 Å². The molecule has 2 heterocycles. The first-order chi connectivity index (χ1) is 39.8. The number of fused-ring (bicyclic) bond motifs is 2. The van der Waals surface area contributed by atoms with E-state index < -0.39 is 29.3 Å². The van der Waals surface area contributed by atoms with Gasteiger partial charge in [0.15, 0.2) is 5.57 Å². The molecule has 0 saturated heterocycles. The van der Waals surface area contributed by atoms with Gasteiger partial charge < -0.3 is 49.8 Å². The first-order valence-corrected chi connectivity index (χ1v) is 27.9. The van der Waals surface area contributed by atoms with Gasteiger partial charge in [-0.2, -0.15) is 9.59 Å². The monoisotopic (exact) mass is 1220 g/mol. The number of aromatic amines is 2. The number of carboxylic acid groups (broad SMARTS) is 1. The number of allylic oxidation sites excluding steroid dienone is 3. The molecule has 6 rings (SSSR count). The summed E-state index contributed by atoms with van der Waals surface area (Å²) >= 11 is 0. The number of nitrogen functional groups attached to an aromatic ring is 1. The van der Waals surface area contributed by atoms with Crippen molar-refractivity contribution in [2.45, 2.75) is 172 Å². The quantitative estimate of drug-likeness (QED) is 0.0131. The lowest BCUT2D eigenvalue weighted by atomic mass is 10.1. The summed E-state index contributed by atoms with van der Waals surface area (Å²) in [5.74, 6) is -3.50. The van der Waals surface area contributed by atoms with Crippen molar-refractivity contribution in [3.05, 3.63) is 170 Å². The predicted octanol–water partition coefficient (Wildman–Crippen LogP) is 15.5. The van der Waals surface area contributed by atoms with Gasteiger partial charge in [0.25, 0.3) is 0 Å². The van der Waals surface area contributed by atoms with Crippen molar-refractivity contribution in [1.82, 2.24) is 15.3 Å². The summed E-state index contributed by atoms with van der Waals surface area (Å²) in [6.45, 7) is 28.9. The molecule has 490 valence electrons. The second-order valence-corrected chi connectivity index (χ2v) is 16.5. The van der Waals surface area contributed by atoms with Crippen LogP contribution in [0.15, 0.2) is 148 Å². The lowest BCUT2D eigenvalue weighted by Crippen LogP contribution is -2.18. The van der Waals surface area contributed by atoms with E-state index >= 15 is 0 Å². The number of para-hydroxylation sites is 3. The van der Waals surface area contributed by atoms with Crippen molar-refractivity contribution >= 4 is 63.5 Å². The third-order valence-electron chi connectivity index (χ3n) is 8.79. The minimum Gasteiger partial charge on any atom is -0.500 e. The van der Waals surface area contributed by atoms with Crippen molar-refractivity contribution in [1.29, 1.82) is 0 Å². The first-order valence-electron chi connectivity index (χ1n) is 27.9. The van der Waals surface area contributed by atoms with Crippen LogP contribution in [0.1, 0.15) is 192 Å². The van der Waals surface area contributed by atoms with E-state index in [9.17, 15) is 33.6 Å². The Morgan fingerprint density at radius 1 is 0.563 bits per heavy atom. The van der Waals surface area contributed by atoms with Crippen molar-refractivity contribution < 1.29 is 62.4 Å². The number of aromatic carboxylic acids is 1. The topological polar surface area (TPSA) is 290 Å². The highest BCUT2D eigenvalue weighted by Crippen LogP contribution is 2.11. The van der Waals surface area contributed by atoms with E-state index in [0.717, 1.165) is 30.5 Å². The second kappa shape index (κ2) is 64.7. The Hall–Kier alpha value is -8.83. The minimum atomic E-state index is -1.21. The third-order valence-corrected chi connectivity index (χ3v) is 8.79. The van der Waals surface area contributed by atoms with E-state index in [1.807, 2.05) is 56.3 Å². The lowest BCUT2D eigenvalue weighted by Gasteiger charge is -2.08. The van der Waals surface area contributed by atoms with Crippen LogP contribution >= 0.6 is 0 Å². The van der Waals surface area contributed by atoms with Crippen LogP contribution in [0.5, 0.6) is 0 Å². The van der Waals surface area contributed by atoms with Crippen LogP contribution in [0.3, 0.4) is 0 Å². The normalized spacial score (nSPS) is 9.59. The van der Waals surface area contributed by atoms with E-state index in [1.54, 1.807) is 76.4 Å². The number of aromatic nitrogens is 2. The lowest BCUT2D eigenvalue weighted by molar-refractivity contribution is -0.191. The van der Waals surface area contributed by atoms with Gasteiger partial charge in [-0.05, 0) is 96.4 Å². The molecular weight excluding hydrogens is 1110 g/mol. The first kappa shape index (κ1) is 94.5. The zero-order valence-electron chi connectivity index (χ0n) is 51.3. The van der Waals surface area contributed by atoms with Crippen molar-refractivity contribution in [2.75, 3.05) is 38.8 Å². The molecule has 19 nitrogen and oxygen atoms in total. The highest BCUT2D eigenvalue weighted by atomic mass is 16.6. The van der Waals surface area contributed by atoms with E-state index in [1.165, 1.54) is 38.1 Å². The molecule has 2 aromatic heterocycles. The zero-order chi connectivity index (χ0) is 63.8. The average molecular weight is 1220 g/mol. The molecule has 6 N–H and O–H groups in total. The number of rotatable bonds is 14. The standard InChI is InChI=1S/C13H19NO2.C12H11NO3.C10H7NO3.C10H16O5.C6H7N.4C3H8.CO2.4CH4/c1-3-11(13(15)16-4-2)10-14-12-8-6-5-7-9-12;1-2-16-12(15)9-7-13-10-6-4-3-5-8(10)11(9)14;12-9-6-3-1-2-4-8(6)11-5-7(9)10(13)14;1-4-13-7-8(9(11)14-5-2)10(12)15-6-3;7-6-4-2-1-3-5-6;4*1-3-2;2-1-3;;;;/h6,8-10,14H,3-5,7H2,1-2H3;3-7H,2H2,1H3,(H,13,14);1-5H,(H,11,12)(H,13,14);7H,4-6H2,1-3H3;1-5H,7H2;4*3H2,1-2H3;;4*1H4/b11-10-;;;;;;;;;;;;;. The summed E-state index contributed by atoms with van der Waals surface area (Å²) in [6, 6.07) is 23.3. The summed E-state index contributed by atoms with van der Waals surface area (Å²) in [5, 5.41) is 12.7. The molecule has 0 unspecified atom stereocenters. The van der Waals surface area contributed by atoms with E-state index in [2.05, 4.69) is 92.3 Å². The van der Waals surface area contributed by atoms with Gasteiger partial charge in [-0.3, -0.25) is 9.59 Å². The molecule has 19 heteroatoms. The van der Waals surface area contributed by atoms with Gasteiger partial charge in [0, 0.05) is 51.8 Å². The van der Waals surface area contributed by atoms with Gasteiger partial charge in [0.1, 0.15) is 17.4 Å². The minimum absolute atomic E-state index is 0. The Morgan fingerprint density at radius 3 is 1.31 bits per heavy atom. The average Bonchev–Trinajstić information content (AvgIpc) is 1.99. The van der Waals surface area contributed by atoms with Gasteiger partial charge in [-0.15, -0.1) is 0 Å². The fourth-order valence-electron chi connectivity index (χ4n) is 5.49. The van der Waals surface area contributed by atoms with Crippen LogP contribution in [0.25, 0.3) is 21.8 Å². The van der Waals surface area contributed by atoms with Gasteiger partial charge >= 0.3 is 36.0 Å². The number of nitrogens with one attached hydrogen (secondary N) is 3. The summed E-state index contributed by atoms with van der Waals surface area (Å²) in [6.07, 6.45) is 19.7. The van der Waals surface area contributed by atoms with Crippen LogP contribution in [-0.4, -0.2) is 84.1 Å². The number of pyridine rings is 2.